The summed E-state index contributed by atoms with van der Waals surface area (Å²) in [5.41, 5.74) is 1.18. The smallest absolute Gasteiger partial charge is 0.193 e. The summed E-state index contributed by atoms with van der Waals surface area (Å²) in [6.07, 6.45) is 4.22. The average Bonchev–Trinajstić information content (AvgIpc) is 3.10. The molecule has 0 atom stereocenters. The van der Waals surface area contributed by atoms with Crippen LogP contribution in [0.3, 0.4) is 0 Å². The highest BCUT2D eigenvalue weighted by Crippen LogP contribution is 2.11. The summed E-state index contributed by atoms with van der Waals surface area (Å²) < 4.78 is 10.7. The molecule has 2 rings (SSSR count). The van der Waals surface area contributed by atoms with E-state index in [1.165, 1.54) is 5.56 Å². The van der Waals surface area contributed by atoms with Crippen molar-refractivity contribution in [1.82, 2.24) is 10.2 Å². The molecule has 0 aromatic carbocycles. The van der Waals surface area contributed by atoms with Crippen molar-refractivity contribution in [2.75, 3.05) is 20.1 Å². The fourth-order valence-electron chi connectivity index (χ4n) is 2.10. The Kier molecular flexibility index (Phi) is 8.08. The molecular formula is C16H24IN3O2. The Balaban J connectivity index is 0.00000242. The molecule has 1 N–H and O–H groups in total. The lowest BCUT2D eigenvalue weighted by molar-refractivity contribution is 0.462. The van der Waals surface area contributed by atoms with E-state index in [0.29, 0.717) is 6.54 Å². The monoisotopic (exact) mass is 417 g/mol. The van der Waals surface area contributed by atoms with Gasteiger partial charge in [0.1, 0.15) is 11.5 Å². The summed E-state index contributed by atoms with van der Waals surface area (Å²) in [6.45, 7) is 6.36. The Morgan fingerprint density at radius 3 is 2.68 bits per heavy atom. The number of nitrogens with one attached hydrogen (secondary N) is 1. The Morgan fingerprint density at radius 1 is 1.27 bits per heavy atom. The molecule has 0 radical (unpaired) electrons. The van der Waals surface area contributed by atoms with Crippen LogP contribution >= 0.6 is 24.0 Å². The summed E-state index contributed by atoms with van der Waals surface area (Å²) in [4.78, 5) is 6.74. The zero-order chi connectivity index (χ0) is 15.1. The molecule has 0 aliphatic heterocycles. The number of hydrogen-bond donors (Lipinski definition) is 1. The van der Waals surface area contributed by atoms with Gasteiger partial charge in [0.2, 0.25) is 0 Å². The maximum absolute atomic E-state index is 5.34. The summed E-state index contributed by atoms with van der Waals surface area (Å²) in [7, 11) is 2.03. The summed E-state index contributed by atoms with van der Waals surface area (Å²) in [5, 5.41) is 3.31. The van der Waals surface area contributed by atoms with E-state index in [0.717, 1.165) is 37.0 Å². The molecule has 0 fully saturated rings. The van der Waals surface area contributed by atoms with Crippen molar-refractivity contribution < 1.29 is 8.83 Å². The van der Waals surface area contributed by atoms with E-state index in [-0.39, 0.29) is 24.0 Å². The largest absolute Gasteiger partial charge is 0.469 e. The molecule has 0 saturated heterocycles. The lowest BCUT2D eigenvalue weighted by Gasteiger charge is -2.21. The molecule has 0 bridgehead atoms. The minimum atomic E-state index is 0. The van der Waals surface area contributed by atoms with E-state index < -0.39 is 0 Å². The first-order valence-corrected chi connectivity index (χ1v) is 7.25. The van der Waals surface area contributed by atoms with Crippen LogP contribution in [-0.2, 0) is 13.0 Å². The van der Waals surface area contributed by atoms with E-state index in [4.69, 9.17) is 8.83 Å². The maximum Gasteiger partial charge on any atom is 0.193 e. The van der Waals surface area contributed by atoms with Gasteiger partial charge in [-0.05, 0) is 32.0 Å². The van der Waals surface area contributed by atoms with Crippen molar-refractivity contribution in [3.63, 3.8) is 0 Å². The van der Waals surface area contributed by atoms with E-state index in [9.17, 15) is 0 Å². The van der Waals surface area contributed by atoms with Crippen molar-refractivity contribution in [2.45, 2.75) is 26.8 Å². The van der Waals surface area contributed by atoms with Gasteiger partial charge < -0.3 is 19.1 Å². The Hall–Kier alpha value is -1.44. The molecule has 0 spiro atoms. The van der Waals surface area contributed by atoms with Gasteiger partial charge >= 0.3 is 0 Å². The lowest BCUT2D eigenvalue weighted by atomic mass is 10.2. The lowest BCUT2D eigenvalue weighted by Crippen LogP contribution is -2.38. The van der Waals surface area contributed by atoms with Gasteiger partial charge in [0, 0.05) is 38.7 Å². The summed E-state index contributed by atoms with van der Waals surface area (Å²) in [6, 6.07) is 5.87. The van der Waals surface area contributed by atoms with Gasteiger partial charge in [0.15, 0.2) is 5.96 Å². The van der Waals surface area contributed by atoms with Crippen molar-refractivity contribution in [2.24, 2.45) is 4.99 Å². The Labute approximate surface area is 148 Å². The highest BCUT2D eigenvalue weighted by molar-refractivity contribution is 14.0. The van der Waals surface area contributed by atoms with Crippen LogP contribution in [-0.4, -0.2) is 31.0 Å². The van der Waals surface area contributed by atoms with Crippen molar-refractivity contribution >= 4 is 29.9 Å². The van der Waals surface area contributed by atoms with Crippen LogP contribution < -0.4 is 5.32 Å². The van der Waals surface area contributed by atoms with Crippen molar-refractivity contribution in [1.29, 1.82) is 0 Å². The molecule has 0 saturated carbocycles. The first kappa shape index (κ1) is 18.6. The Bertz CT molecular complexity index is 564. The molecule has 2 aromatic heterocycles. The molecule has 122 valence electrons. The van der Waals surface area contributed by atoms with Crippen molar-refractivity contribution in [3.8, 4) is 0 Å². The first-order valence-electron chi connectivity index (χ1n) is 7.25. The second kappa shape index (κ2) is 9.55. The molecule has 5 nitrogen and oxygen atoms in total. The third-order valence-corrected chi connectivity index (χ3v) is 3.27. The predicted molar refractivity (Wildman–Crippen MR) is 98.7 cm³/mol. The van der Waals surface area contributed by atoms with E-state index in [1.54, 1.807) is 12.5 Å². The first-order chi connectivity index (χ1) is 10.2. The molecule has 2 aromatic rings. The minimum Gasteiger partial charge on any atom is -0.469 e. The summed E-state index contributed by atoms with van der Waals surface area (Å²) in [5.74, 6) is 2.81. The van der Waals surface area contributed by atoms with Crippen LogP contribution in [0.1, 0.15) is 24.0 Å². The van der Waals surface area contributed by atoms with Crippen molar-refractivity contribution in [3.05, 3.63) is 47.8 Å². The fourth-order valence-corrected chi connectivity index (χ4v) is 2.10. The normalized spacial score (nSPS) is 11.1. The van der Waals surface area contributed by atoms with Gasteiger partial charge in [-0.15, -0.1) is 24.0 Å². The molecule has 0 amide bonds. The van der Waals surface area contributed by atoms with Gasteiger partial charge in [0.25, 0.3) is 0 Å². The van der Waals surface area contributed by atoms with E-state index >= 15 is 0 Å². The number of furan rings is 2. The molecular weight excluding hydrogens is 393 g/mol. The molecule has 2 heterocycles. The topological polar surface area (TPSA) is 53.9 Å². The zero-order valence-electron chi connectivity index (χ0n) is 13.3. The number of aryl methyl sites for hydroxylation is 1. The fraction of sp³-hybridized carbons (Fsp3) is 0.438. The van der Waals surface area contributed by atoms with E-state index in [2.05, 4.69) is 22.1 Å². The second-order valence-corrected chi connectivity index (χ2v) is 4.92. The number of nitrogens with zero attached hydrogens (tertiary/aromatic N) is 2. The average molecular weight is 417 g/mol. The quantitative estimate of drug-likeness (QED) is 0.445. The molecule has 0 unspecified atom stereocenters. The standard InChI is InChI=1S/C16H23N3O2.HI/c1-4-17-16(18-9-7-15-6-5-10-21-15)19(3)12-14-8-11-20-13(14)2;/h5-6,8,10-11H,4,7,9,12H2,1-3H3,(H,17,18);1H. The summed E-state index contributed by atoms with van der Waals surface area (Å²) >= 11 is 0. The number of aliphatic imine (C=N–C) groups is 1. The maximum atomic E-state index is 5.34. The zero-order valence-corrected chi connectivity index (χ0v) is 15.7. The van der Waals surface area contributed by atoms with Gasteiger partial charge in [-0.1, -0.05) is 0 Å². The predicted octanol–water partition coefficient (Wildman–Crippen LogP) is 3.44. The highest BCUT2D eigenvalue weighted by Gasteiger charge is 2.09. The molecule has 0 aliphatic rings. The van der Waals surface area contributed by atoms with Crippen LogP contribution in [0.25, 0.3) is 0 Å². The van der Waals surface area contributed by atoms with Gasteiger partial charge in [0.05, 0.1) is 12.5 Å². The third-order valence-electron chi connectivity index (χ3n) is 3.27. The van der Waals surface area contributed by atoms with Gasteiger partial charge in [-0.25, -0.2) is 0 Å². The van der Waals surface area contributed by atoms with Gasteiger partial charge in [-0.2, -0.15) is 0 Å². The molecule has 22 heavy (non-hydrogen) atoms. The van der Waals surface area contributed by atoms with Crippen LogP contribution in [0.4, 0.5) is 0 Å². The number of guanidine groups is 1. The SMILES string of the molecule is CCNC(=NCCc1ccco1)N(C)Cc1ccoc1C.I. The second-order valence-electron chi connectivity index (χ2n) is 4.92. The van der Waals surface area contributed by atoms with Crippen LogP contribution in [0.15, 0.2) is 44.6 Å². The minimum absolute atomic E-state index is 0. The Morgan fingerprint density at radius 2 is 2.09 bits per heavy atom. The number of hydrogen-bond acceptors (Lipinski definition) is 3. The molecule has 6 heteroatoms. The van der Waals surface area contributed by atoms with Gasteiger partial charge in [-0.3, -0.25) is 4.99 Å². The molecule has 0 aliphatic carbocycles. The van der Waals surface area contributed by atoms with Crippen LogP contribution in [0.2, 0.25) is 0 Å². The highest BCUT2D eigenvalue weighted by atomic mass is 127. The number of halogens is 1. The van der Waals surface area contributed by atoms with Crippen LogP contribution in [0.5, 0.6) is 0 Å². The third kappa shape index (κ3) is 5.40. The van der Waals surface area contributed by atoms with E-state index in [1.807, 2.05) is 32.2 Å². The van der Waals surface area contributed by atoms with Crippen LogP contribution in [0, 0.1) is 6.92 Å². The number of rotatable bonds is 6.